The van der Waals surface area contributed by atoms with Gasteiger partial charge in [0, 0.05) is 18.1 Å². The molecule has 0 bridgehead atoms. The van der Waals surface area contributed by atoms with Crippen molar-refractivity contribution in [1.29, 1.82) is 0 Å². The molecule has 0 radical (unpaired) electrons. The second-order valence-electron chi connectivity index (χ2n) is 6.55. The van der Waals surface area contributed by atoms with Crippen LogP contribution in [-0.4, -0.2) is 37.7 Å². The van der Waals surface area contributed by atoms with Crippen molar-refractivity contribution < 1.29 is 23.8 Å². The van der Waals surface area contributed by atoms with Gasteiger partial charge in [0.2, 0.25) is 0 Å². The molecular weight excluding hydrogens is 396 g/mol. The molecular formula is C24H24N2O5. The average molecular weight is 420 g/mol. The van der Waals surface area contributed by atoms with Gasteiger partial charge in [-0.3, -0.25) is 9.78 Å². The maximum Gasteiger partial charge on any atom is 0.338 e. The van der Waals surface area contributed by atoms with Gasteiger partial charge >= 0.3 is 5.97 Å². The highest BCUT2D eigenvalue weighted by atomic mass is 16.5. The van der Waals surface area contributed by atoms with E-state index in [2.05, 4.69) is 4.98 Å². The van der Waals surface area contributed by atoms with Crippen LogP contribution < -0.4 is 14.4 Å². The highest BCUT2D eigenvalue weighted by molar-refractivity contribution is 6.10. The van der Waals surface area contributed by atoms with Crippen LogP contribution in [0.4, 0.5) is 5.69 Å². The third-order valence-corrected chi connectivity index (χ3v) is 4.67. The van der Waals surface area contributed by atoms with Gasteiger partial charge in [-0.1, -0.05) is 6.07 Å². The molecule has 0 aliphatic rings. The molecule has 0 N–H and O–H groups in total. The van der Waals surface area contributed by atoms with Gasteiger partial charge < -0.3 is 19.1 Å². The van der Waals surface area contributed by atoms with Gasteiger partial charge in [0.25, 0.3) is 5.91 Å². The van der Waals surface area contributed by atoms with E-state index in [1.165, 1.54) is 14.2 Å². The van der Waals surface area contributed by atoms with Crippen LogP contribution in [-0.2, 0) is 11.3 Å². The molecule has 3 aromatic rings. The zero-order valence-electron chi connectivity index (χ0n) is 17.7. The van der Waals surface area contributed by atoms with Crippen molar-refractivity contribution in [2.75, 3.05) is 25.7 Å². The Bertz CT molecular complexity index is 1010. The molecule has 0 aliphatic heterocycles. The number of benzene rings is 2. The fourth-order valence-corrected chi connectivity index (χ4v) is 3.14. The predicted molar refractivity (Wildman–Crippen MR) is 117 cm³/mol. The summed E-state index contributed by atoms with van der Waals surface area (Å²) in [4.78, 5) is 31.3. The molecule has 0 saturated heterocycles. The number of methoxy groups -OCH3 is 2. The third-order valence-electron chi connectivity index (χ3n) is 4.67. The third kappa shape index (κ3) is 5.01. The summed E-state index contributed by atoms with van der Waals surface area (Å²) >= 11 is 0. The van der Waals surface area contributed by atoms with Gasteiger partial charge in [0.05, 0.1) is 32.9 Å². The zero-order chi connectivity index (χ0) is 22.2. The Labute approximate surface area is 181 Å². The first-order valence-corrected chi connectivity index (χ1v) is 9.78. The van der Waals surface area contributed by atoms with E-state index in [1.807, 2.05) is 12.1 Å². The summed E-state index contributed by atoms with van der Waals surface area (Å²) in [6, 6.07) is 15.6. The Morgan fingerprint density at radius 3 is 2.06 bits per heavy atom. The number of hydrogen-bond donors (Lipinski definition) is 0. The largest absolute Gasteiger partial charge is 0.496 e. The SMILES string of the molecule is CCOC(=O)c1ccc(N(Cc2ccncc2)C(=O)c2c(OC)cccc2OC)cc1. The molecule has 3 rings (SSSR count). The van der Waals surface area contributed by atoms with E-state index >= 15 is 0 Å². The highest BCUT2D eigenvalue weighted by Gasteiger charge is 2.25. The predicted octanol–water partition coefficient (Wildman–Crippen LogP) is 4.12. The number of pyridine rings is 1. The molecule has 0 spiro atoms. The fraction of sp³-hybridized carbons (Fsp3) is 0.208. The smallest absolute Gasteiger partial charge is 0.338 e. The number of amides is 1. The Morgan fingerprint density at radius 2 is 1.52 bits per heavy atom. The van der Waals surface area contributed by atoms with Crippen molar-refractivity contribution in [3.8, 4) is 11.5 Å². The van der Waals surface area contributed by atoms with E-state index in [4.69, 9.17) is 14.2 Å². The topological polar surface area (TPSA) is 78.0 Å². The number of carbonyl (C=O) groups excluding carboxylic acids is 2. The van der Waals surface area contributed by atoms with Gasteiger partial charge in [-0.25, -0.2) is 4.79 Å². The fourth-order valence-electron chi connectivity index (χ4n) is 3.14. The first-order valence-electron chi connectivity index (χ1n) is 9.78. The molecule has 1 aromatic heterocycles. The van der Waals surface area contributed by atoms with E-state index in [9.17, 15) is 9.59 Å². The van der Waals surface area contributed by atoms with Crippen LogP contribution in [0.3, 0.4) is 0 Å². The molecule has 0 atom stereocenters. The van der Waals surface area contributed by atoms with Crippen molar-refractivity contribution >= 4 is 17.6 Å². The van der Waals surface area contributed by atoms with E-state index in [0.717, 1.165) is 5.56 Å². The minimum Gasteiger partial charge on any atom is -0.496 e. The number of anilines is 1. The molecule has 7 heteroatoms. The standard InChI is InChI=1S/C24H24N2O5/c1-4-31-24(28)18-8-10-19(11-9-18)26(16-17-12-14-25-15-13-17)23(27)22-20(29-2)6-5-7-21(22)30-3/h5-15H,4,16H2,1-3H3. The van der Waals surface area contributed by atoms with Crippen molar-refractivity contribution in [3.63, 3.8) is 0 Å². The van der Waals surface area contributed by atoms with Gasteiger partial charge in [0.1, 0.15) is 17.1 Å². The van der Waals surface area contributed by atoms with Crippen LogP contribution in [0.2, 0.25) is 0 Å². The van der Waals surface area contributed by atoms with E-state index in [-0.39, 0.29) is 5.91 Å². The Balaban J connectivity index is 2.03. The molecule has 1 amide bonds. The highest BCUT2D eigenvalue weighted by Crippen LogP contribution is 2.32. The van der Waals surface area contributed by atoms with Crippen LogP contribution >= 0.6 is 0 Å². The van der Waals surface area contributed by atoms with Crippen LogP contribution in [0.1, 0.15) is 33.2 Å². The second-order valence-corrected chi connectivity index (χ2v) is 6.55. The van der Waals surface area contributed by atoms with Crippen LogP contribution in [0.5, 0.6) is 11.5 Å². The van der Waals surface area contributed by atoms with E-state index in [0.29, 0.717) is 41.5 Å². The Morgan fingerprint density at radius 1 is 0.903 bits per heavy atom. The number of carbonyl (C=O) groups is 2. The van der Waals surface area contributed by atoms with E-state index in [1.54, 1.807) is 66.7 Å². The van der Waals surface area contributed by atoms with Gasteiger partial charge in [-0.05, 0) is 61.0 Å². The summed E-state index contributed by atoms with van der Waals surface area (Å²) in [7, 11) is 3.01. The van der Waals surface area contributed by atoms with E-state index < -0.39 is 5.97 Å². The quantitative estimate of drug-likeness (QED) is 0.510. The van der Waals surface area contributed by atoms with Gasteiger partial charge in [0.15, 0.2) is 0 Å². The summed E-state index contributed by atoms with van der Waals surface area (Å²) < 4.78 is 15.9. The zero-order valence-corrected chi connectivity index (χ0v) is 17.7. The lowest BCUT2D eigenvalue weighted by molar-refractivity contribution is 0.0526. The van der Waals surface area contributed by atoms with Crippen molar-refractivity contribution in [2.24, 2.45) is 0 Å². The molecule has 0 aliphatic carbocycles. The van der Waals surface area contributed by atoms with Crippen LogP contribution in [0.15, 0.2) is 67.0 Å². The maximum atomic E-state index is 13.7. The Hall–Kier alpha value is -3.87. The van der Waals surface area contributed by atoms with Gasteiger partial charge in [-0.15, -0.1) is 0 Å². The minimum atomic E-state index is -0.410. The molecule has 0 saturated carbocycles. The van der Waals surface area contributed by atoms with Crippen molar-refractivity contribution in [1.82, 2.24) is 4.98 Å². The number of hydrogen-bond acceptors (Lipinski definition) is 6. The summed E-state index contributed by atoms with van der Waals surface area (Å²) in [6.07, 6.45) is 3.34. The lowest BCUT2D eigenvalue weighted by Gasteiger charge is -2.25. The van der Waals surface area contributed by atoms with Crippen LogP contribution in [0.25, 0.3) is 0 Å². The number of nitrogens with zero attached hydrogens (tertiary/aromatic N) is 2. The molecule has 0 unspecified atom stereocenters. The van der Waals surface area contributed by atoms with Crippen LogP contribution in [0, 0.1) is 0 Å². The molecule has 1 heterocycles. The second kappa shape index (κ2) is 10.2. The normalized spacial score (nSPS) is 10.3. The molecule has 31 heavy (non-hydrogen) atoms. The lowest BCUT2D eigenvalue weighted by Crippen LogP contribution is -2.31. The van der Waals surface area contributed by atoms with Crippen molar-refractivity contribution in [2.45, 2.75) is 13.5 Å². The number of esters is 1. The number of rotatable bonds is 8. The van der Waals surface area contributed by atoms with Crippen molar-refractivity contribution in [3.05, 3.63) is 83.7 Å². The molecule has 0 fully saturated rings. The molecule has 7 nitrogen and oxygen atoms in total. The number of ether oxygens (including phenoxy) is 3. The van der Waals surface area contributed by atoms with Gasteiger partial charge in [-0.2, -0.15) is 0 Å². The average Bonchev–Trinajstić information content (AvgIpc) is 2.82. The molecule has 2 aromatic carbocycles. The monoisotopic (exact) mass is 420 g/mol. The first-order chi connectivity index (χ1) is 15.1. The first kappa shape index (κ1) is 21.8. The summed E-state index contributed by atoms with van der Waals surface area (Å²) in [5, 5.41) is 0. The maximum absolute atomic E-state index is 13.7. The summed E-state index contributed by atoms with van der Waals surface area (Å²) in [6.45, 7) is 2.34. The summed E-state index contributed by atoms with van der Waals surface area (Å²) in [5.41, 5.74) is 2.24. The number of aromatic nitrogens is 1. The molecule has 160 valence electrons. The Kier molecular flexibility index (Phi) is 7.22. The minimum absolute atomic E-state index is 0.292. The lowest BCUT2D eigenvalue weighted by atomic mass is 10.1. The summed E-state index contributed by atoms with van der Waals surface area (Å²) in [5.74, 6) is 0.113.